The first-order chi connectivity index (χ1) is 15.2. The number of halogens is 1. The van der Waals surface area contributed by atoms with E-state index in [0.29, 0.717) is 18.9 Å². The van der Waals surface area contributed by atoms with Crippen molar-refractivity contribution in [2.75, 3.05) is 12.3 Å². The molecule has 2 amide bonds. The van der Waals surface area contributed by atoms with Crippen molar-refractivity contribution < 1.29 is 14.0 Å². The smallest absolute Gasteiger partial charge is 0.242 e. The second kappa shape index (κ2) is 12.6. The number of carbonyl (C=O) groups excluding carboxylic acids is 2. The van der Waals surface area contributed by atoms with Crippen LogP contribution in [-0.2, 0) is 21.9 Å². The third-order valence-electron chi connectivity index (χ3n) is 5.11. The zero-order valence-corrected chi connectivity index (χ0v) is 20.6. The lowest BCUT2D eigenvalue weighted by Gasteiger charge is -2.31. The number of hydrogen-bond acceptors (Lipinski definition) is 3. The SMILES string of the molecule is CC[C@H](C(=O)NCC(C)C)N(Cc1ccc(F)cc1)C(=O)CSCc1cc(C)cc(C)c1. The summed E-state index contributed by atoms with van der Waals surface area (Å²) in [5, 5.41) is 2.96. The van der Waals surface area contributed by atoms with E-state index in [1.54, 1.807) is 28.8 Å². The number of amides is 2. The van der Waals surface area contributed by atoms with Crippen LogP contribution in [0.2, 0.25) is 0 Å². The molecule has 0 aromatic heterocycles. The minimum absolute atomic E-state index is 0.0877. The molecule has 0 aliphatic rings. The molecule has 0 spiro atoms. The van der Waals surface area contributed by atoms with Gasteiger partial charge in [-0.05, 0) is 49.4 Å². The Morgan fingerprint density at radius 3 is 2.22 bits per heavy atom. The predicted molar refractivity (Wildman–Crippen MR) is 131 cm³/mol. The lowest BCUT2D eigenvalue weighted by molar-refractivity contribution is -0.139. The average molecular weight is 459 g/mol. The van der Waals surface area contributed by atoms with Gasteiger partial charge in [-0.1, -0.05) is 62.2 Å². The van der Waals surface area contributed by atoms with E-state index in [-0.39, 0.29) is 29.9 Å². The third kappa shape index (κ3) is 8.30. The van der Waals surface area contributed by atoms with Crippen LogP contribution in [0.5, 0.6) is 0 Å². The van der Waals surface area contributed by atoms with Gasteiger partial charge in [0, 0.05) is 18.8 Å². The summed E-state index contributed by atoms with van der Waals surface area (Å²) in [6.07, 6.45) is 0.513. The number of thioether (sulfide) groups is 1. The van der Waals surface area contributed by atoms with Crippen molar-refractivity contribution >= 4 is 23.6 Å². The van der Waals surface area contributed by atoms with E-state index in [2.05, 4.69) is 37.4 Å². The Labute approximate surface area is 196 Å². The fraction of sp³-hybridized carbons (Fsp3) is 0.462. The maximum absolute atomic E-state index is 13.3. The summed E-state index contributed by atoms with van der Waals surface area (Å²) < 4.78 is 13.3. The lowest BCUT2D eigenvalue weighted by atomic mass is 10.1. The van der Waals surface area contributed by atoms with Crippen LogP contribution in [0.4, 0.5) is 4.39 Å². The molecular formula is C26H35FN2O2S. The summed E-state index contributed by atoms with van der Waals surface area (Å²) in [7, 11) is 0. The summed E-state index contributed by atoms with van der Waals surface area (Å²) in [5.74, 6) is 0.784. The van der Waals surface area contributed by atoms with Crippen LogP contribution in [0, 0.1) is 25.6 Å². The fourth-order valence-corrected chi connectivity index (χ4v) is 4.46. The van der Waals surface area contributed by atoms with Crippen molar-refractivity contribution in [3.63, 3.8) is 0 Å². The highest BCUT2D eigenvalue weighted by atomic mass is 32.2. The molecule has 0 saturated heterocycles. The quantitative estimate of drug-likeness (QED) is 0.500. The number of nitrogens with zero attached hydrogens (tertiary/aromatic N) is 1. The van der Waals surface area contributed by atoms with Gasteiger partial charge in [0.15, 0.2) is 0 Å². The molecule has 0 aliphatic heterocycles. The van der Waals surface area contributed by atoms with Gasteiger partial charge in [-0.3, -0.25) is 9.59 Å². The molecule has 32 heavy (non-hydrogen) atoms. The summed E-state index contributed by atoms with van der Waals surface area (Å²) in [6, 6.07) is 11.9. The Bertz CT molecular complexity index is 879. The summed E-state index contributed by atoms with van der Waals surface area (Å²) in [5.41, 5.74) is 4.40. The first kappa shape index (κ1) is 25.9. The van der Waals surface area contributed by atoms with Crippen LogP contribution in [0.3, 0.4) is 0 Å². The Balaban J connectivity index is 2.12. The van der Waals surface area contributed by atoms with E-state index in [1.165, 1.54) is 28.8 Å². The van der Waals surface area contributed by atoms with Gasteiger partial charge in [0.25, 0.3) is 0 Å². The monoisotopic (exact) mass is 458 g/mol. The van der Waals surface area contributed by atoms with Crippen LogP contribution in [0.15, 0.2) is 42.5 Å². The lowest BCUT2D eigenvalue weighted by Crippen LogP contribution is -2.50. The molecule has 6 heteroatoms. The second-order valence-corrected chi connectivity index (χ2v) is 9.69. The molecule has 0 fully saturated rings. The normalized spacial score (nSPS) is 12.0. The Hall–Kier alpha value is -2.34. The van der Waals surface area contributed by atoms with Gasteiger partial charge in [0.05, 0.1) is 5.75 Å². The van der Waals surface area contributed by atoms with Gasteiger partial charge in [-0.25, -0.2) is 4.39 Å². The molecule has 0 heterocycles. The highest BCUT2D eigenvalue weighted by Gasteiger charge is 2.28. The van der Waals surface area contributed by atoms with Gasteiger partial charge in [-0.2, -0.15) is 0 Å². The maximum atomic E-state index is 13.3. The van der Waals surface area contributed by atoms with Crippen LogP contribution in [-0.4, -0.2) is 35.1 Å². The molecule has 0 saturated carbocycles. The van der Waals surface area contributed by atoms with E-state index in [4.69, 9.17) is 0 Å². The van der Waals surface area contributed by atoms with Gasteiger partial charge in [0.1, 0.15) is 11.9 Å². The first-order valence-corrected chi connectivity index (χ1v) is 12.3. The van der Waals surface area contributed by atoms with E-state index < -0.39 is 6.04 Å². The number of nitrogens with one attached hydrogen (secondary N) is 1. The first-order valence-electron chi connectivity index (χ1n) is 11.2. The average Bonchev–Trinajstić information content (AvgIpc) is 2.72. The van der Waals surface area contributed by atoms with Crippen LogP contribution >= 0.6 is 11.8 Å². The van der Waals surface area contributed by atoms with Crippen molar-refractivity contribution in [1.82, 2.24) is 10.2 Å². The molecule has 0 bridgehead atoms. The largest absolute Gasteiger partial charge is 0.354 e. The molecule has 4 nitrogen and oxygen atoms in total. The van der Waals surface area contributed by atoms with E-state index in [9.17, 15) is 14.0 Å². The van der Waals surface area contributed by atoms with E-state index >= 15 is 0 Å². The molecule has 1 N–H and O–H groups in total. The van der Waals surface area contributed by atoms with Gasteiger partial charge >= 0.3 is 0 Å². The summed E-state index contributed by atoms with van der Waals surface area (Å²) in [4.78, 5) is 27.7. The molecular weight excluding hydrogens is 423 g/mol. The molecule has 2 aromatic carbocycles. The third-order valence-corrected chi connectivity index (χ3v) is 6.10. The minimum Gasteiger partial charge on any atom is -0.354 e. The molecule has 0 aliphatic carbocycles. The van der Waals surface area contributed by atoms with E-state index in [0.717, 1.165) is 11.3 Å². The van der Waals surface area contributed by atoms with Crippen molar-refractivity contribution in [2.45, 2.75) is 59.4 Å². The highest BCUT2D eigenvalue weighted by Crippen LogP contribution is 2.19. The van der Waals surface area contributed by atoms with Crippen LogP contribution in [0.25, 0.3) is 0 Å². The second-order valence-electron chi connectivity index (χ2n) is 8.70. The zero-order chi connectivity index (χ0) is 23.7. The van der Waals surface area contributed by atoms with Crippen molar-refractivity contribution in [3.8, 4) is 0 Å². The molecule has 1 atom stereocenters. The number of benzene rings is 2. The van der Waals surface area contributed by atoms with Gasteiger partial charge in [0.2, 0.25) is 11.8 Å². The van der Waals surface area contributed by atoms with Gasteiger partial charge in [-0.15, -0.1) is 11.8 Å². The number of aryl methyl sites for hydroxylation is 2. The molecule has 2 aromatic rings. The number of rotatable bonds is 11. The Morgan fingerprint density at radius 2 is 1.66 bits per heavy atom. The fourth-order valence-electron chi connectivity index (χ4n) is 3.62. The Morgan fingerprint density at radius 1 is 1.03 bits per heavy atom. The zero-order valence-electron chi connectivity index (χ0n) is 19.8. The van der Waals surface area contributed by atoms with Crippen molar-refractivity contribution in [2.24, 2.45) is 5.92 Å². The molecule has 174 valence electrons. The molecule has 0 radical (unpaired) electrons. The number of hydrogen-bond donors (Lipinski definition) is 1. The van der Waals surface area contributed by atoms with E-state index in [1.807, 2.05) is 20.8 Å². The predicted octanol–water partition coefficient (Wildman–Crippen LogP) is 5.26. The summed E-state index contributed by atoms with van der Waals surface area (Å²) in [6.45, 7) is 11.0. The Kier molecular flexibility index (Phi) is 10.2. The minimum atomic E-state index is -0.562. The molecule has 0 unspecified atom stereocenters. The van der Waals surface area contributed by atoms with Crippen molar-refractivity contribution in [3.05, 3.63) is 70.5 Å². The van der Waals surface area contributed by atoms with Crippen LogP contribution < -0.4 is 5.32 Å². The molecule has 2 rings (SSSR count). The topological polar surface area (TPSA) is 49.4 Å². The summed E-state index contributed by atoms with van der Waals surface area (Å²) >= 11 is 1.55. The van der Waals surface area contributed by atoms with Crippen molar-refractivity contribution in [1.29, 1.82) is 0 Å². The number of carbonyl (C=O) groups is 2. The van der Waals surface area contributed by atoms with Gasteiger partial charge < -0.3 is 10.2 Å². The standard InChI is InChI=1S/C26H35FN2O2S/c1-6-24(26(31)28-14-18(2)3)29(15-21-7-9-23(27)10-8-21)25(30)17-32-16-22-12-19(4)11-20(5)13-22/h7-13,18,24H,6,14-17H2,1-5H3,(H,28,31)/t24-/m1/s1. The maximum Gasteiger partial charge on any atom is 0.242 e. The van der Waals surface area contributed by atoms with Crippen LogP contribution in [0.1, 0.15) is 49.4 Å². The highest BCUT2D eigenvalue weighted by molar-refractivity contribution is 7.99.